The van der Waals surface area contributed by atoms with E-state index in [1.807, 2.05) is 0 Å². The minimum Gasteiger partial charge on any atom is -0.409 e. The van der Waals surface area contributed by atoms with Crippen molar-refractivity contribution in [1.29, 1.82) is 0 Å². The van der Waals surface area contributed by atoms with Gasteiger partial charge < -0.3 is 14.6 Å². The van der Waals surface area contributed by atoms with Gasteiger partial charge in [0, 0.05) is 6.07 Å². The van der Waals surface area contributed by atoms with E-state index < -0.39 is 12.3 Å². The zero-order chi connectivity index (χ0) is 13.5. The Morgan fingerprint density at radius 2 is 2.28 bits per heavy atom. The summed E-state index contributed by atoms with van der Waals surface area (Å²) in [5, 5.41) is 9.24. The number of ether oxygens (including phenoxy) is 2. The van der Waals surface area contributed by atoms with Crippen LogP contribution in [0.25, 0.3) is 0 Å². The topological polar surface area (TPSA) is 88.6 Å². The number of hydrogen-bond donors (Lipinski definition) is 2. The van der Waals surface area contributed by atoms with E-state index in [0.717, 1.165) is 0 Å². The van der Waals surface area contributed by atoms with Crippen LogP contribution >= 0.6 is 0 Å². The first-order valence-electron chi connectivity index (χ1n) is 5.34. The number of aromatic amines is 1. The average Bonchev–Trinajstić information content (AvgIpc) is 2.28. The Balaban J connectivity index is 2.34. The van der Waals surface area contributed by atoms with Crippen LogP contribution in [0.3, 0.4) is 0 Å². The monoisotopic (exact) mass is 253 g/mol. The zero-order valence-corrected chi connectivity index (χ0v) is 10.0. The number of esters is 1. The Morgan fingerprint density at radius 3 is 2.89 bits per heavy atom. The van der Waals surface area contributed by atoms with Crippen LogP contribution in [0.4, 0.5) is 0 Å². The van der Waals surface area contributed by atoms with E-state index in [0.29, 0.717) is 5.57 Å². The first kappa shape index (κ1) is 14.1. The number of aliphatic hydroxyl groups excluding tert-OH is 1. The minimum absolute atomic E-state index is 0.00389. The van der Waals surface area contributed by atoms with E-state index in [4.69, 9.17) is 9.47 Å². The molecule has 0 fully saturated rings. The zero-order valence-electron chi connectivity index (χ0n) is 10.0. The highest BCUT2D eigenvalue weighted by Gasteiger charge is 2.08. The molecule has 0 aromatic carbocycles. The van der Waals surface area contributed by atoms with Gasteiger partial charge in [-0.15, -0.1) is 0 Å². The second-order valence-electron chi connectivity index (χ2n) is 3.67. The molecule has 0 aliphatic heterocycles. The van der Waals surface area contributed by atoms with Crippen molar-refractivity contribution in [1.82, 2.24) is 4.98 Å². The molecule has 1 aromatic rings. The maximum absolute atomic E-state index is 11.3. The van der Waals surface area contributed by atoms with Gasteiger partial charge in [0.15, 0.2) is 6.29 Å². The lowest BCUT2D eigenvalue weighted by Gasteiger charge is -2.10. The van der Waals surface area contributed by atoms with E-state index in [1.165, 1.54) is 18.2 Å². The number of aliphatic hydroxyl groups is 1. The summed E-state index contributed by atoms with van der Waals surface area (Å²) in [5.41, 5.74) is 0.102. The summed E-state index contributed by atoms with van der Waals surface area (Å²) in [6.45, 7) is 5.11. The van der Waals surface area contributed by atoms with Crippen LogP contribution in [0, 0.1) is 0 Å². The molecule has 0 amide bonds. The molecule has 1 atom stereocenters. The standard InChI is InChI=1S/C12H15NO5/c1-8(2)12(16)17-7-6-11(15)18-10-5-3-4-9(14)13-10/h3-5,12,16H,1,6-7H2,2H3,(H,13,14). The van der Waals surface area contributed by atoms with Crippen molar-refractivity contribution in [3.05, 3.63) is 40.7 Å². The van der Waals surface area contributed by atoms with Crippen LogP contribution in [0.2, 0.25) is 0 Å². The third kappa shape index (κ3) is 4.94. The van der Waals surface area contributed by atoms with E-state index in [2.05, 4.69) is 11.6 Å². The Hall–Kier alpha value is -1.92. The number of aromatic nitrogens is 1. The molecular formula is C12H15NO5. The van der Waals surface area contributed by atoms with Gasteiger partial charge in [-0.05, 0) is 18.6 Å². The van der Waals surface area contributed by atoms with Crippen LogP contribution in [-0.2, 0) is 9.53 Å². The van der Waals surface area contributed by atoms with Gasteiger partial charge >= 0.3 is 5.97 Å². The maximum Gasteiger partial charge on any atom is 0.314 e. The molecule has 1 heterocycles. The van der Waals surface area contributed by atoms with Gasteiger partial charge in [0.25, 0.3) is 5.56 Å². The predicted octanol–water partition coefficient (Wildman–Crippen LogP) is 0.582. The second-order valence-corrected chi connectivity index (χ2v) is 3.67. The molecule has 0 bridgehead atoms. The van der Waals surface area contributed by atoms with Gasteiger partial charge in [0.1, 0.15) is 0 Å². The number of nitrogens with one attached hydrogen (secondary N) is 1. The quantitative estimate of drug-likeness (QED) is 0.440. The number of carbonyl (C=O) groups is 1. The van der Waals surface area contributed by atoms with E-state index in [9.17, 15) is 14.7 Å². The van der Waals surface area contributed by atoms with Crippen LogP contribution in [-0.4, -0.2) is 29.0 Å². The van der Waals surface area contributed by atoms with Crippen molar-refractivity contribution in [3.8, 4) is 5.88 Å². The van der Waals surface area contributed by atoms with Crippen molar-refractivity contribution in [3.63, 3.8) is 0 Å². The summed E-state index contributed by atoms with van der Waals surface area (Å²) >= 11 is 0. The summed E-state index contributed by atoms with van der Waals surface area (Å²) in [6.07, 6.45) is -1.13. The molecule has 0 radical (unpaired) electrons. The molecule has 1 aromatic heterocycles. The summed E-state index contributed by atoms with van der Waals surface area (Å²) in [5.74, 6) is -0.487. The van der Waals surface area contributed by atoms with Crippen molar-refractivity contribution in [2.24, 2.45) is 0 Å². The smallest absolute Gasteiger partial charge is 0.314 e. The Morgan fingerprint density at radius 1 is 1.56 bits per heavy atom. The number of carbonyl (C=O) groups excluding carboxylic acids is 1. The van der Waals surface area contributed by atoms with E-state index in [-0.39, 0.29) is 24.5 Å². The largest absolute Gasteiger partial charge is 0.409 e. The summed E-state index contributed by atoms with van der Waals surface area (Å²) in [7, 11) is 0. The molecule has 1 unspecified atom stereocenters. The average molecular weight is 253 g/mol. The molecular weight excluding hydrogens is 238 g/mol. The number of pyridine rings is 1. The summed E-state index contributed by atoms with van der Waals surface area (Å²) in [4.78, 5) is 24.6. The lowest BCUT2D eigenvalue weighted by molar-refractivity contribution is -0.138. The van der Waals surface area contributed by atoms with Gasteiger partial charge in [-0.2, -0.15) is 0 Å². The second kappa shape index (κ2) is 6.73. The number of hydrogen-bond acceptors (Lipinski definition) is 5. The van der Waals surface area contributed by atoms with Gasteiger partial charge in [-0.3, -0.25) is 14.6 Å². The molecule has 0 aliphatic carbocycles. The molecule has 0 spiro atoms. The molecule has 0 saturated carbocycles. The van der Waals surface area contributed by atoms with Crippen molar-refractivity contribution < 1.29 is 19.4 Å². The Kier molecular flexibility index (Phi) is 5.29. The van der Waals surface area contributed by atoms with Crippen LogP contribution in [0.15, 0.2) is 35.1 Å². The van der Waals surface area contributed by atoms with Gasteiger partial charge in [-0.1, -0.05) is 12.6 Å². The molecule has 1 rings (SSSR count). The highest BCUT2D eigenvalue weighted by atomic mass is 16.6. The SMILES string of the molecule is C=C(C)C(O)OCCC(=O)Oc1cccc(=O)[nH]1. The Labute approximate surface area is 104 Å². The normalized spacial score (nSPS) is 11.9. The maximum atomic E-state index is 11.3. The predicted molar refractivity (Wildman–Crippen MR) is 64.1 cm³/mol. The van der Waals surface area contributed by atoms with Gasteiger partial charge in [-0.25, -0.2) is 0 Å². The lowest BCUT2D eigenvalue weighted by Crippen LogP contribution is -2.18. The van der Waals surface area contributed by atoms with E-state index in [1.54, 1.807) is 6.92 Å². The van der Waals surface area contributed by atoms with Crippen LogP contribution < -0.4 is 10.3 Å². The summed E-state index contributed by atoms with van der Waals surface area (Å²) < 4.78 is 9.78. The first-order chi connectivity index (χ1) is 8.49. The van der Waals surface area contributed by atoms with Crippen LogP contribution in [0.1, 0.15) is 13.3 Å². The summed E-state index contributed by atoms with van der Waals surface area (Å²) in [6, 6.07) is 4.25. The van der Waals surface area contributed by atoms with E-state index >= 15 is 0 Å². The third-order valence-electron chi connectivity index (χ3n) is 1.97. The fourth-order valence-corrected chi connectivity index (χ4v) is 1.06. The highest BCUT2D eigenvalue weighted by Crippen LogP contribution is 2.04. The molecule has 6 heteroatoms. The Bertz CT molecular complexity index is 479. The molecule has 98 valence electrons. The molecule has 2 N–H and O–H groups in total. The molecule has 0 saturated heterocycles. The van der Waals surface area contributed by atoms with Crippen molar-refractivity contribution in [2.75, 3.05) is 6.61 Å². The first-order valence-corrected chi connectivity index (χ1v) is 5.34. The fraction of sp³-hybridized carbons (Fsp3) is 0.333. The lowest BCUT2D eigenvalue weighted by atomic mass is 10.3. The highest BCUT2D eigenvalue weighted by molar-refractivity contribution is 5.71. The van der Waals surface area contributed by atoms with Crippen molar-refractivity contribution in [2.45, 2.75) is 19.6 Å². The fourth-order valence-electron chi connectivity index (χ4n) is 1.06. The van der Waals surface area contributed by atoms with Crippen LogP contribution in [0.5, 0.6) is 5.88 Å². The molecule has 6 nitrogen and oxygen atoms in total. The van der Waals surface area contributed by atoms with Gasteiger partial charge in [0.05, 0.1) is 13.0 Å². The number of rotatable bonds is 6. The van der Waals surface area contributed by atoms with Gasteiger partial charge in [0.2, 0.25) is 5.88 Å². The molecule has 0 aliphatic rings. The van der Waals surface area contributed by atoms with Crippen molar-refractivity contribution >= 4 is 5.97 Å². The third-order valence-corrected chi connectivity index (χ3v) is 1.97. The minimum atomic E-state index is -1.09. The molecule has 18 heavy (non-hydrogen) atoms. The number of H-pyrrole nitrogens is 1.